The molecule has 0 unspecified atom stereocenters. The van der Waals surface area contributed by atoms with Gasteiger partial charge in [0.25, 0.3) is 11.5 Å². The lowest BCUT2D eigenvalue weighted by Crippen LogP contribution is -2.49. The van der Waals surface area contributed by atoms with E-state index in [9.17, 15) is 14.0 Å². The zero-order valence-corrected chi connectivity index (χ0v) is 17.1. The van der Waals surface area contributed by atoms with E-state index in [1.807, 2.05) is 22.8 Å². The lowest BCUT2D eigenvalue weighted by Gasteiger charge is -2.43. The fourth-order valence-electron chi connectivity index (χ4n) is 4.83. The Kier molecular flexibility index (Phi) is 4.81. The zero-order chi connectivity index (χ0) is 21.5. The summed E-state index contributed by atoms with van der Waals surface area (Å²) in [7, 11) is 1.38. The summed E-state index contributed by atoms with van der Waals surface area (Å²) in [6.07, 6.45) is 4.34. The molecule has 31 heavy (non-hydrogen) atoms. The molecule has 0 N–H and O–H groups in total. The molecule has 0 saturated carbocycles. The quantitative estimate of drug-likeness (QED) is 0.653. The van der Waals surface area contributed by atoms with Gasteiger partial charge in [0.1, 0.15) is 0 Å². The molecule has 2 aliphatic rings. The van der Waals surface area contributed by atoms with Crippen LogP contribution in [0.2, 0.25) is 0 Å². The first-order valence-corrected chi connectivity index (χ1v) is 10.3. The Morgan fingerprint density at radius 2 is 2.00 bits per heavy atom. The van der Waals surface area contributed by atoms with Gasteiger partial charge in [0.15, 0.2) is 11.6 Å². The third-order valence-electron chi connectivity index (χ3n) is 6.25. The van der Waals surface area contributed by atoms with Gasteiger partial charge in [0.05, 0.1) is 12.7 Å². The van der Waals surface area contributed by atoms with Crippen LogP contribution in [0, 0.1) is 11.7 Å². The van der Waals surface area contributed by atoms with Crippen LogP contribution >= 0.6 is 0 Å². The number of methoxy groups -OCH3 is 1. The predicted octanol–water partition coefficient (Wildman–Crippen LogP) is 3.32. The number of likely N-dealkylation sites (tertiary alicyclic amines) is 1. The van der Waals surface area contributed by atoms with Gasteiger partial charge in [-0.2, -0.15) is 0 Å². The molecule has 2 atom stereocenters. The molecule has 7 heteroatoms. The van der Waals surface area contributed by atoms with E-state index in [0.29, 0.717) is 19.6 Å². The number of ether oxygens (including phenoxy) is 1. The maximum atomic E-state index is 14.7. The second-order valence-corrected chi connectivity index (χ2v) is 8.19. The third kappa shape index (κ3) is 3.40. The van der Waals surface area contributed by atoms with Crippen LogP contribution in [0.25, 0.3) is 11.1 Å². The van der Waals surface area contributed by atoms with Crippen LogP contribution in [0.1, 0.15) is 28.4 Å². The maximum absolute atomic E-state index is 14.7. The molecule has 1 aromatic carbocycles. The van der Waals surface area contributed by atoms with Gasteiger partial charge in [-0.05, 0) is 42.2 Å². The average molecular weight is 419 g/mol. The van der Waals surface area contributed by atoms with Crippen molar-refractivity contribution in [2.75, 3.05) is 20.2 Å². The Bertz CT molecular complexity index is 1210. The Balaban J connectivity index is 1.48. The molecule has 1 fully saturated rings. The second kappa shape index (κ2) is 7.65. The molecular formula is C24H22FN3O3. The van der Waals surface area contributed by atoms with Crippen molar-refractivity contribution < 1.29 is 13.9 Å². The number of nitrogens with zero attached hydrogens (tertiary/aromatic N) is 3. The normalized spacial score (nSPS) is 19.6. The highest BCUT2D eigenvalue weighted by molar-refractivity contribution is 5.95. The number of carbonyl (C=O) groups excluding carboxylic acids is 1. The fraction of sp³-hybridized carbons (Fsp3) is 0.292. The molecule has 3 aromatic rings. The second-order valence-electron chi connectivity index (χ2n) is 8.19. The van der Waals surface area contributed by atoms with Gasteiger partial charge in [-0.25, -0.2) is 4.39 Å². The van der Waals surface area contributed by atoms with Gasteiger partial charge in [-0.15, -0.1) is 0 Å². The van der Waals surface area contributed by atoms with E-state index in [-0.39, 0.29) is 34.6 Å². The van der Waals surface area contributed by atoms with Crippen LogP contribution in [-0.4, -0.2) is 40.6 Å². The Labute approximate surface area is 178 Å². The van der Waals surface area contributed by atoms with Crippen LogP contribution < -0.4 is 10.3 Å². The Hall–Kier alpha value is -3.48. The number of fused-ring (bicyclic) bond motifs is 4. The molecule has 2 bridgehead atoms. The lowest BCUT2D eigenvalue weighted by atomic mass is 9.82. The number of rotatable bonds is 3. The van der Waals surface area contributed by atoms with E-state index in [1.165, 1.54) is 19.2 Å². The molecule has 0 radical (unpaired) electrons. The molecule has 1 saturated heterocycles. The number of carbonyl (C=O) groups is 1. The van der Waals surface area contributed by atoms with Gasteiger partial charge < -0.3 is 14.2 Å². The number of piperidine rings is 1. The third-order valence-corrected chi connectivity index (χ3v) is 6.25. The van der Waals surface area contributed by atoms with Crippen LogP contribution in [0.15, 0.2) is 59.7 Å². The van der Waals surface area contributed by atoms with Gasteiger partial charge in [-0.1, -0.05) is 12.1 Å². The minimum atomic E-state index is -0.638. The highest BCUT2D eigenvalue weighted by Crippen LogP contribution is 2.37. The average Bonchev–Trinajstić information content (AvgIpc) is 2.80. The first-order chi connectivity index (χ1) is 15.0. The molecule has 0 aliphatic carbocycles. The summed E-state index contributed by atoms with van der Waals surface area (Å²) >= 11 is 0. The van der Waals surface area contributed by atoms with Crippen LogP contribution in [0.5, 0.6) is 5.75 Å². The number of hydrogen-bond acceptors (Lipinski definition) is 4. The van der Waals surface area contributed by atoms with Crippen LogP contribution in [0.3, 0.4) is 0 Å². The van der Waals surface area contributed by atoms with Crippen molar-refractivity contribution in [3.63, 3.8) is 0 Å². The summed E-state index contributed by atoms with van der Waals surface area (Å²) in [4.78, 5) is 31.8. The molecule has 0 spiro atoms. The number of benzene rings is 1. The predicted molar refractivity (Wildman–Crippen MR) is 114 cm³/mol. The first-order valence-electron chi connectivity index (χ1n) is 10.3. The largest absolute Gasteiger partial charge is 0.494 e. The minimum absolute atomic E-state index is 0.0147. The number of halogens is 1. The fourth-order valence-corrected chi connectivity index (χ4v) is 4.83. The Morgan fingerprint density at radius 3 is 2.77 bits per heavy atom. The summed E-state index contributed by atoms with van der Waals surface area (Å²) in [5.41, 5.74) is 2.61. The maximum Gasteiger partial charge on any atom is 0.257 e. The molecule has 6 nitrogen and oxygen atoms in total. The molecule has 5 rings (SSSR count). The standard InChI is InChI=1S/C24H22FN3O3/c1-31-21-6-2-5-19(23(21)25)24(30)27-12-15-8-18(14-27)20-9-17(10-22(29)28(20)13-15)16-4-3-7-26-11-16/h2-7,9-11,15,18H,8,12-14H2,1H3/t15-,18+/m0/s1. The van der Waals surface area contributed by atoms with E-state index in [0.717, 1.165) is 23.2 Å². The van der Waals surface area contributed by atoms with E-state index in [4.69, 9.17) is 4.74 Å². The number of pyridine rings is 2. The van der Waals surface area contributed by atoms with E-state index < -0.39 is 5.82 Å². The molecule has 1 amide bonds. The summed E-state index contributed by atoms with van der Waals surface area (Å²) in [5, 5.41) is 0. The number of aromatic nitrogens is 2. The molecule has 158 valence electrons. The van der Waals surface area contributed by atoms with Crippen molar-refractivity contribution in [2.45, 2.75) is 18.9 Å². The van der Waals surface area contributed by atoms with Gasteiger partial charge in [0.2, 0.25) is 0 Å². The van der Waals surface area contributed by atoms with Crippen molar-refractivity contribution in [3.8, 4) is 16.9 Å². The summed E-state index contributed by atoms with van der Waals surface area (Å²) in [6.45, 7) is 1.51. The van der Waals surface area contributed by atoms with Gasteiger partial charge >= 0.3 is 0 Å². The van der Waals surface area contributed by atoms with Gasteiger partial charge in [-0.3, -0.25) is 14.6 Å². The monoisotopic (exact) mass is 419 g/mol. The van der Waals surface area contributed by atoms with Crippen molar-refractivity contribution in [2.24, 2.45) is 5.92 Å². The van der Waals surface area contributed by atoms with Crippen molar-refractivity contribution >= 4 is 5.91 Å². The first kappa shape index (κ1) is 19.5. The van der Waals surface area contributed by atoms with Crippen molar-refractivity contribution in [1.29, 1.82) is 0 Å². The molecular weight excluding hydrogens is 397 g/mol. The zero-order valence-electron chi connectivity index (χ0n) is 17.1. The summed E-state index contributed by atoms with van der Waals surface area (Å²) in [5.74, 6) is -0.743. The van der Waals surface area contributed by atoms with E-state index in [1.54, 1.807) is 29.4 Å². The topological polar surface area (TPSA) is 64.4 Å². The van der Waals surface area contributed by atoms with Crippen molar-refractivity contribution in [1.82, 2.24) is 14.5 Å². The summed E-state index contributed by atoms with van der Waals surface area (Å²) in [6, 6.07) is 12.0. The molecule has 4 heterocycles. The lowest BCUT2D eigenvalue weighted by molar-refractivity contribution is 0.0589. The highest BCUT2D eigenvalue weighted by atomic mass is 19.1. The smallest absolute Gasteiger partial charge is 0.257 e. The SMILES string of the molecule is COc1cccc(C(=O)N2C[C@@H]3C[C@H](C2)c2cc(-c4cccnc4)cc(=O)n2C3)c1F. The number of amides is 1. The number of hydrogen-bond donors (Lipinski definition) is 0. The van der Waals surface area contributed by atoms with Crippen LogP contribution in [-0.2, 0) is 6.54 Å². The van der Waals surface area contributed by atoms with Crippen molar-refractivity contribution in [3.05, 3.63) is 82.3 Å². The van der Waals surface area contributed by atoms with Gasteiger partial charge in [0, 0.05) is 55.3 Å². The minimum Gasteiger partial charge on any atom is -0.494 e. The molecule has 2 aliphatic heterocycles. The van der Waals surface area contributed by atoms with E-state index >= 15 is 0 Å². The Morgan fingerprint density at radius 1 is 1.13 bits per heavy atom. The molecule has 2 aromatic heterocycles. The van der Waals surface area contributed by atoms with E-state index in [2.05, 4.69) is 4.98 Å². The van der Waals surface area contributed by atoms with Crippen LogP contribution in [0.4, 0.5) is 4.39 Å². The highest BCUT2D eigenvalue weighted by Gasteiger charge is 2.37. The summed E-state index contributed by atoms with van der Waals surface area (Å²) < 4.78 is 21.5.